The molecule has 212 valence electrons. The highest BCUT2D eigenvalue weighted by Gasteiger charge is 2.16. The predicted molar refractivity (Wildman–Crippen MR) is 163 cm³/mol. The third kappa shape index (κ3) is 7.51. The van der Waals surface area contributed by atoms with Crippen molar-refractivity contribution in [3.63, 3.8) is 0 Å². The largest absolute Gasteiger partial charge is 0.497 e. The summed E-state index contributed by atoms with van der Waals surface area (Å²) >= 11 is 0. The Labute approximate surface area is 244 Å². The van der Waals surface area contributed by atoms with Crippen molar-refractivity contribution < 1.29 is 28.6 Å². The molecule has 0 aliphatic heterocycles. The lowest BCUT2D eigenvalue weighted by Gasteiger charge is -2.12. The van der Waals surface area contributed by atoms with E-state index in [4.69, 9.17) is 14.2 Å². The van der Waals surface area contributed by atoms with Gasteiger partial charge >= 0.3 is 0 Å². The minimum Gasteiger partial charge on any atom is -0.497 e. The van der Waals surface area contributed by atoms with Crippen LogP contribution in [0.25, 0.3) is 12.2 Å². The molecule has 0 spiro atoms. The summed E-state index contributed by atoms with van der Waals surface area (Å²) in [6, 6.07) is 27.5. The molecule has 4 rings (SSSR count). The van der Waals surface area contributed by atoms with Gasteiger partial charge in [0.25, 0.3) is 11.8 Å². The van der Waals surface area contributed by atoms with Gasteiger partial charge in [-0.3, -0.25) is 14.4 Å². The molecule has 8 heteroatoms. The van der Waals surface area contributed by atoms with Crippen molar-refractivity contribution in [2.75, 3.05) is 26.6 Å². The number of hydrogen-bond donors (Lipinski definition) is 2. The number of ether oxygens (including phenoxy) is 3. The fraction of sp³-hybridized carbons (Fsp3) is 0.0882. The fourth-order valence-corrected chi connectivity index (χ4v) is 4.03. The van der Waals surface area contributed by atoms with E-state index in [0.717, 1.165) is 0 Å². The van der Waals surface area contributed by atoms with Crippen molar-refractivity contribution in [3.05, 3.63) is 131 Å². The molecular weight excluding hydrogens is 532 g/mol. The van der Waals surface area contributed by atoms with Gasteiger partial charge in [0, 0.05) is 22.4 Å². The number of hydrogen-bond acceptors (Lipinski definition) is 6. The van der Waals surface area contributed by atoms with Crippen molar-refractivity contribution >= 4 is 35.4 Å². The Hall–Kier alpha value is -5.63. The zero-order valence-corrected chi connectivity index (χ0v) is 23.4. The van der Waals surface area contributed by atoms with Gasteiger partial charge in [0.1, 0.15) is 11.4 Å². The first-order valence-electron chi connectivity index (χ1n) is 13.0. The minimum absolute atomic E-state index is 0.0457. The van der Waals surface area contributed by atoms with Crippen LogP contribution < -0.4 is 24.8 Å². The van der Waals surface area contributed by atoms with E-state index in [1.54, 1.807) is 111 Å². The Bertz CT molecular complexity index is 1610. The van der Waals surface area contributed by atoms with Gasteiger partial charge in [-0.2, -0.15) is 0 Å². The van der Waals surface area contributed by atoms with Crippen LogP contribution in [0.1, 0.15) is 31.8 Å². The zero-order chi connectivity index (χ0) is 29.9. The lowest BCUT2D eigenvalue weighted by molar-refractivity contribution is -0.113. The van der Waals surface area contributed by atoms with E-state index < -0.39 is 11.8 Å². The maximum Gasteiger partial charge on any atom is 0.272 e. The molecule has 0 saturated carbocycles. The lowest BCUT2D eigenvalue weighted by atomic mass is 10.1. The molecule has 0 heterocycles. The van der Waals surface area contributed by atoms with Gasteiger partial charge in [0.15, 0.2) is 17.3 Å². The first-order chi connectivity index (χ1) is 20.4. The number of carbonyl (C=O) groups excluding carboxylic acids is 3. The number of amides is 2. The first-order valence-corrected chi connectivity index (χ1v) is 13.0. The van der Waals surface area contributed by atoms with Crippen LogP contribution in [0.15, 0.2) is 109 Å². The molecule has 0 unspecified atom stereocenters. The van der Waals surface area contributed by atoms with Crippen LogP contribution in [0.2, 0.25) is 0 Å². The quantitative estimate of drug-likeness (QED) is 0.171. The normalized spacial score (nSPS) is 11.1. The number of carbonyl (C=O) groups is 3. The first kappa shape index (κ1) is 29.4. The number of anilines is 1. The maximum atomic E-state index is 13.3. The second kappa shape index (κ2) is 14.1. The number of rotatable bonds is 11. The van der Waals surface area contributed by atoms with Crippen LogP contribution >= 0.6 is 0 Å². The standard InChI is InChI=1S/C34H30N2O6/c1-40-28-19-12-23(13-20-28)22-29(36-33(38)26-8-5-4-6-9-26)34(39)35-27-17-14-24(15-18-27)30(37)21-16-25-10-7-11-31(41-2)32(25)42-3/h4-22H,1-3H3,(H,35,39)(H,36,38)/b21-16+,29-22-. The Kier molecular flexibility index (Phi) is 9.88. The monoisotopic (exact) mass is 562 g/mol. The van der Waals surface area contributed by atoms with Crippen LogP contribution in [0.5, 0.6) is 17.2 Å². The van der Waals surface area contributed by atoms with Gasteiger partial charge in [-0.15, -0.1) is 0 Å². The summed E-state index contributed by atoms with van der Waals surface area (Å²) in [5.41, 5.74) is 2.72. The Morgan fingerprint density at radius 1 is 0.690 bits per heavy atom. The van der Waals surface area contributed by atoms with Gasteiger partial charge in [-0.05, 0) is 78.4 Å². The van der Waals surface area contributed by atoms with Gasteiger partial charge in [-0.1, -0.05) is 42.5 Å². The Morgan fingerprint density at radius 3 is 2.05 bits per heavy atom. The molecule has 0 aliphatic rings. The maximum absolute atomic E-state index is 13.3. The summed E-state index contributed by atoms with van der Waals surface area (Å²) in [5, 5.41) is 5.49. The van der Waals surface area contributed by atoms with Gasteiger partial charge in [-0.25, -0.2) is 0 Å². The van der Waals surface area contributed by atoms with Crippen LogP contribution in [0, 0.1) is 0 Å². The highest BCUT2D eigenvalue weighted by atomic mass is 16.5. The average Bonchev–Trinajstić information content (AvgIpc) is 3.04. The van der Waals surface area contributed by atoms with Crippen LogP contribution in [0.3, 0.4) is 0 Å². The van der Waals surface area contributed by atoms with Crippen molar-refractivity contribution in [1.82, 2.24) is 5.32 Å². The molecule has 0 fully saturated rings. The second-order valence-electron chi connectivity index (χ2n) is 8.96. The minimum atomic E-state index is -0.529. The Balaban J connectivity index is 1.50. The third-order valence-corrected chi connectivity index (χ3v) is 6.23. The van der Waals surface area contributed by atoms with Crippen LogP contribution in [-0.4, -0.2) is 38.9 Å². The van der Waals surface area contributed by atoms with Crippen molar-refractivity contribution in [3.8, 4) is 17.2 Å². The third-order valence-electron chi connectivity index (χ3n) is 6.23. The lowest BCUT2D eigenvalue weighted by Crippen LogP contribution is -2.30. The molecule has 8 nitrogen and oxygen atoms in total. The molecule has 0 atom stereocenters. The van der Waals surface area contributed by atoms with Gasteiger partial charge in [0.05, 0.1) is 21.3 Å². The van der Waals surface area contributed by atoms with E-state index >= 15 is 0 Å². The van der Waals surface area contributed by atoms with E-state index in [0.29, 0.717) is 45.2 Å². The predicted octanol–water partition coefficient (Wildman–Crippen LogP) is 6.02. The summed E-state index contributed by atoms with van der Waals surface area (Å²) in [4.78, 5) is 38.9. The molecule has 2 N–H and O–H groups in total. The fourth-order valence-electron chi connectivity index (χ4n) is 4.03. The van der Waals surface area contributed by atoms with Crippen molar-refractivity contribution in [2.45, 2.75) is 0 Å². The van der Waals surface area contributed by atoms with E-state index in [2.05, 4.69) is 10.6 Å². The van der Waals surface area contributed by atoms with E-state index in [1.807, 2.05) is 12.1 Å². The molecule has 42 heavy (non-hydrogen) atoms. The molecule has 0 saturated heterocycles. The molecule has 0 bridgehead atoms. The zero-order valence-electron chi connectivity index (χ0n) is 23.4. The van der Waals surface area contributed by atoms with E-state index in [9.17, 15) is 14.4 Å². The van der Waals surface area contributed by atoms with Crippen LogP contribution in [-0.2, 0) is 4.79 Å². The molecule has 0 aliphatic carbocycles. The number of para-hydroxylation sites is 1. The molecule has 4 aromatic carbocycles. The summed E-state index contributed by atoms with van der Waals surface area (Å²) in [5.74, 6) is 0.573. The van der Waals surface area contributed by atoms with E-state index in [-0.39, 0.29) is 11.5 Å². The summed E-state index contributed by atoms with van der Waals surface area (Å²) < 4.78 is 15.9. The van der Waals surface area contributed by atoms with Gasteiger partial charge in [0.2, 0.25) is 0 Å². The smallest absolute Gasteiger partial charge is 0.272 e. The molecule has 2 amide bonds. The van der Waals surface area contributed by atoms with Gasteiger partial charge < -0.3 is 24.8 Å². The SMILES string of the molecule is COc1ccc(/C=C(\NC(=O)c2ccccc2)C(=O)Nc2ccc(C(=O)/C=C/c3cccc(OC)c3OC)cc2)cc1. The number of benzene rings is 4. The highest BCUT2D eigenvalue weighted by Crippen LogP contribution is 2.31. The Morgan fingerprint density at radius 2 is 1.40 bits per heavy atom. The average molecular weight is 563 g/mol. The molecule has 0 radical (unpaired) electrons. The number of methoxy groups -OCH3 is 3. The summed E-state index contributed by atoms with van der Waals surface area (Å²) in [6.07, 6.45) is 4.68. The summed E-state index contributed by atoms with van der Waals surface area (Å²) in [7, 11) is 4.65. The van der Waals surface area contributed by atoms with Crippen molar-refractivity contribution in [2.24, 2.45) is 0 Å². The second-order valence-corrected chi connectivity index (χ2v) is 8.96. The van der Waals surface area contributed by atoms with E-state index in [1.165, 1.54) is 13.2 Å². The topological polar surface area (TPSA) is 103 Å². The molecule has 4 aromatic rings. The van der Waals surface area contributed by atoms with Crippen molar-refractivity contribution in [1.29, 1.82) is 0 Å². The number of allylic oxidation sites excluding steroid dienone is 1. The molecule has 0 aromatic heterocycles. The number of nitrogens with one attached hydrogen (secondary N) is 2. The van der Waals surface area contributed by atoms with Crippen LogP contribution in [0.4, 0.5) is 5.69 Å². The summed E-state index contributed by atoms with van der Waals surface area (Å²) in [6.45, 7) is 0. The number of ketones is 1. The highest BCUT2D eigenvalue weighted by molar-refractivity contribution is 6.11. The molecular formula is C34H30N2O6.